The third-order valence-electron chi connectivity index (χ3n) is 6.79. The number of pyridine rings is 1. The molecule has 3 aliphatic heterocycles. The number of allylic oxidation sites excluding steroid dienone is 1. The molecular formula is C29H31F2N5O3. The van der Waals surface area contributed by atoms with E-state index in [0.29, 0.717) is 37.7 Å². The van der Waals surface area contributed by atoms with Crippen LogP contribution in [0.15, 0.2) is 47.0 Å². The van der Waals surface area contributed by atoms with Crippen LogP contribution in [0.5, 0.6) is 0 Å². The molecule has 0 spiro atoms. The van der Waals surface area contributed by atoms with Crippen LogP contribution in [-0.4, -0.2) is 82.2 Å². The number of aliphatic imine (C=N–C) groups is 1. The minimum Gasteiger partial charge on any atom is -0.378 e. The normalized spacial score (nSPS) is 19.3. The van der Waals surface area contributed by atoms with E-state index >= 15 is 0 Å². The fourth-order valence-electron chi connectivity index (χ4n) is 4.66. The summed E-state index contributed by atoms with van der Waals surface area (Å²) in [6.45, 7) is 7.78. The van der Waals surface area contributed by atoms with Crippen molar-refractivity contribution in [1.82, 2.24) is 4.98 Å². The zero-order valence-corrected chi connectivity index (χ0v) is 21.8. The van der Waals surface area contributed by atoms with Crippen LogP contribution in [0.4, 0.5) is 26.1 Å². The van der Waals surface area contributed by atoms with E-state index in [4.69, 9.17) is 14.5 Å². The molecular weight excluding hydrogens is 504 g/mol. The summed E-state index contributed by atoms with van der Waals surface area (Å²) >= 11 is 0. The number of nitrogens with one attached hydrogen (secondary N) is 1. The van der Waals surface area contributed by atoms with Gasteiger partial charge in [0.1, 0.15) is 11.6 Å². The van der Waals surface area contributed by atoms with Gasteiger partial charge in [0.05, 0.1) is 32.8 Å². The molecule has 10 heteroatoms. The van der Waals surface area contributed by atoms with E-state index in [2.05, 4.69) is 44.1 Å². The lowest BCUT2D eigenvalue weighted by molar-refractivity contribution is -0.115. The number of carbonyl (C=O) groups excluding carboxylic acids is 1. The Balaban J connectivity index is 1.39. The van der Waals surface area contributed by atoms with E-state index in [1.807, 2.05) is 25.1 Å². The first-order valence-electron chi connectivity index (χ1n) is 13.1. The van der Waals surface area contributed by atoms with Gasteiger partial charge in [-0.05, 0) is 54.0 Å². The second kappa shape index (κ2) is 12.4. The van der Waals surface area contributed by atoms with Gasteiger partial charge in [-0.3, -0.25) is 9.79 Å². The van der Waals surface area contributed by atoms with E-state index in [1.165, 1.54) is 12.3 Å². The first kappa shape index (κ1) is 26.8. The lowest BCUT2D eigenvalue weighted by Gasteiger charge is -2.32. The van der Waals surface area contributed by atoms with Crippen molar-refractivity contribution in [3.8, 4) is 23.0 Å². The number of alkyl halides is 2. The second-order valence-corrected chi connectivity index (χ2v) is 9.56. The Hall–Kier alpha value is -3.81. The van der Waals surface area contributed by atoms with Crippen LogP contribution in [0.2, 0.25) is 0 Å². The number of hydrogen-bond acceptors (Lipinski definition) is 7. The van der Waals surface area contributed by atoms with Crippen molar-refractivity contribution in [1.29, 1.82) is 0 Å². The highest BCUT2D eigenvalue weighted by Gasteiger charge is 2.20. The highest BCUT2D eigenvalue weighted by atomic mass is 19.3. The number of aromatic nitrogens is 1. The van der Waals surface area contributed by atoms with Crippen molar-refractivity contribution < 1.29 is 23.0 Å². The molecule has 8 nitrogen and oxygen atoms in total. The molecule has 2 aromatic rings. The third-order valence-corrected chi connectivity index (χ3v) is 6.79. The van der Waals surface area contributed by atoms with Crippen LogP contribution in [0, 0.1) is 18.8 Å². The summed E-state index contributed by atoms with van der Waals surface area (Å²) in [5.41, 5.74) is 4.13. The number of nitrogens with zero attached hydrogens (tertiary/aromatic N) is 4. The van der Waals surface area contributed by atoms with Gasteiger partial charge in [-0.25, -0.2) is 13.8 Å². The van der Waals surface area contributed by atoms with Gasteiger partial charge in [-0.15, -0.1) is 0 Å². The highest BCUT2D eigenvalue weighted by molar-refractivity contribution is 5.94. The Morgan fingerprint density at radius 2 is 1.69 bits per heavy atom. The fraction of sp³-hybridized carbons (Fsp3) is 0.414. The van der Waals surface area contributed by atoms with Crippen molar-refractivity contribution in [3.63, 3.8) is 0 Å². The maximum absolute atomic E-state index is 12.9. The minimum absolute atomic E-state index is 0.0319. The number of halogens is 2. The molecule has 1 unspecified atom stereocenters. The molecule has 1 amide bonds. The van der Waals surface area contributed by atoms with Gasteiger partial charge in [0, 0.05) is 43.7 Å². The zero-order valence-electron chi connectivity index (χ0n) is 21.8. The van der Waals surface area contributed by atoms with Gasteiger partial charge in [-0.1, -0.05) is 17.9 Å². The van der Waals surface area contributed by atoms with Gasteiger partial charge in [0.15, 0.2) is 6.04 Å². The van der Waals surface area contributed by atoms with Crippen molar-refractivity contribution in [3.05, 3.63) is 47.5 Å². The lowest BCUT2D eigenvalue weighted by atomic mass is 9.99. The lowest BCUT2D eigenvalue weighted by Crippen LogP contribution is -2.39. The fourth-order valence-corrected chi connectivity index (χ4v) is 4.66. The number of aryl methyl sites for hydroxylation is 1. The zero-order chi connectivity index (χ0) is 27.2. The average Bonchev–Trinajstić information content (AvgIpc) is 3.20. The number of hydrogen-bond donors (Lipinski definition) is 1. The average molecular weight is 536 g/mol. The van der Waals surface area contributed by atoms with Crippen molar-refractivity contribution in [2.24, 2.45) is 4.99 Å². The summed E-state index contributed by atoms with van der Waals surface area (Å²) in [6.07, 6.45) is 0.0858. The summed E-state index contributed by atoms with van der Waals surface area (Å²) in [5, 5.41) is 2.93. The number of anilines is 3. The summed E-state index contributed by atoms with van der Waals surface area (Å²) in [5.74, 6) is 6.60. The summed E-state index contributed by atoms with van der Waals surface area (Å²) in [7, 11) is 0. The molecule has 0 saturated carbocycles. The van der Waals surface area contributed by atoms with Gasteiger partial charge in [-0.2, -0.15) is 0 Å². The summed E-state index contributed by atoms with van der Waals surface area (Å²) < 4.78 is 36.9. The summed E-state index contributed by atoms with van der Waals surface area (Å²) in [6, 6.07) is 8.59. The molecule has 204 valence electrons. The topological polar surface area (TPSA) is 79.3 Å². The smallest absolute Gasteiger partial charge is 0.271 e. The van der Waals surface area contributed by atoms with Crippen LogP contribution in [-0.2, 0) is 14.3 Å². The van der Waals surface area contributed by atoms with Gasteiger partial charge >= 0.3 is 0 Å². The molecule has 5 rings (SSSR count). The predicted octanol–water partition coefficient (Wildman–Crippen LogP) is 3.71. The SMILES string of the molecule is Cc1ccc(NC(=O)CC2=CC=NC(C(F)F)C#C2)cc1-c1cc(N2CCOCC2)nc(N2CCOCC2)c1. The van der Waals surface area contributed by atoms with E-state index in [-0.39, 0.29) is 12.3 Å². The Morgan fingerprint density at radius 3 is 2.31 bits per heavy atom. The number of benzene rings is 1. The van der Waals surface area contributed by atoms with Gasteiger partial charge < -0.3 is 24.6 Å². The molecule has 1 aromatic carbocycles. The van der Waals surface area contributed by atoms with Crippen LogP contribution in [0.3, 0.4) is 0 Å². The van der Waals surface area contributed by atoms with E-state index in [1.54, 1.807) is 0 Å². The molecule has 3 aliphatic rings. The van der Waals surface area contributed by atoms with E-state index in [9.17, 15) is 13.6 Å². The number of amides is 1. The Bertz CT molecular complexity index is 1290. The second-order valence-electron chi connectivity index (χ2n) is 9.56. The quantitative estimate of drug-likeness (QED) is 0.545. The van der Waals surface area contributed by atoms with Gasteiger partial charge in [0.25, 0.3) is 6.43 Å². The summed E-state index contributed by atoms with van der Waals surface area (Å²) in [4.78, 5) is 26.0. The molecule has 2 saturated heterocycles. The van der Waals surface area contributed by atoms with Crippen LogP contribution in [0.1, 0.15) is 12.0 Å². The molecule has 1 N–H and O–H groups in total. The Labute approximate surface area is 226 Å². The Morgan fingerprint density at radius 1 is 1.05 bits per heavy atom. The van der Waals surface area contributed by atoms with Crippen LogP contribution < -0.4 is 15.1 Å². The predicted molar refractivity (Wildman–Crippen MR) is 148 cm³/mol. The standard InChI is InChI=1S/C29H31F2N5O3/c1-20-2-4-23(33-28(37)16-21-3-5-25(29(30)31)32-7-6-21)19-24(20)22-17-26(35-8-12-38-13-9-35)34-27(18-22)36-10-14-39-15-11-36/h2,4,6-7,17-19,25,29H,8-16H2,1H3,(H,33,37). The first-order chi connectivity index (χ1) is 19.0. The minimum atomic E-state index is -2.66. The first-order valence-corrected chi connectivity index (χ1v) is 13.1. The van der Waals surface area contributed by atoms with E-state index < -0.39 is 12.5 Å². The maximum Gasteiger partial charge on any atom is 0.271 e. The number of morpholine rings is 2. The van der Waals surface area contributed by atoms with Crippen LogP contribution in [0.25, 0.3) is 11.1 Å². The molecule has 0 aliphatic carbocycles. The molecule has 0 radical (unpaired) electrons. The van der Waals surface area contributed by atoms with Crippen LogP contribution >= 0.6 is 0 Å². The number of rotatable bonds is 7. The van der Waals surface area contributed by atoms with Crippen molar-refractivity contribution in [2.75, 3.05) is 67.7 Å². The molecule has 0 bridgehead atoms. The number of ether oxygens (including phenoxy) is 2. The number of carbonyl (C=O) groups is 1. The molecule has 1 atom stereocenters. The van der Waals surface area contributed by atoms with Crippen molar-refractivity contribution >= 4 is 29.4 Å². The Kier molecular flexibility index (Phi) is 8.49. The largest absolute Gasteiger partial charge is 0.378 e. The monoisotopic (exact) mass is 535 g/mol. The molecule has 2 fully saturated rings. The third kappa shape index (κ3) is 6.80. The van der Waals surface area contributed by atoms with E-state index in [0.717, 1.165) is 54.5 Å². The molecule has 4 heterocycles. The molecule has 1 aromatic heterocycles. The van der Waals surface area contributed by atoms with Crippen molar-refractivity contribution in [2.45, 2.75) is 25.8 Å². The van der Waals surface area contributed by atoms with Gasteiger partial charge in [0.2, 0.25) is 5.91 Å². The highest BCUT2D eigenvalue weighted by Crippen LogP contribution is 2.33. The molecule has 39 heavy (non-hydrogen) atoms. The maximum atomic E-state index is 12.9.